The van der Waals surface area contributed by atoms with Gasteiger partial charge in [-0.15, -0.1) is 0 Å². The van der Waals surface area contributed by atoms with Crippen LogP contribution >= 0.6 is 0 Å². The number of carbonyl (C=O) groups excluding carboxylic acids is 2. The molecule has 1 fully saturated rings. The molecular formula is C20H24N4O3. The first kappa shape index (κ1) is 18.8. The highest BCUT2D eigenvalue weighted by Gasteiger charge is 2.15. The second-order valence-electron chi connectivity index (χ2n) is 6.57. The van der Waals surface area contributed by atoms with Crippen LogP contribution in [0.1, 0.15) is 26.3 Å². The van der Waals surface area contributed by atoms with E-state index in [1.807, 2.05) is 12.1 Å². The van der Waals surface area contributed by atoms with E-state index in [0.717, 1.165) is 37.6 Å². The maximum atomic E-state index is 12.3. The van der Waals surface area contributed by atoms with Crippen LogP contribution in [0.2, 0.25) is 0 Å². The highest BCUT2D eigenvalue weighted by Crippen LogP contribution is 2.14. The summed E-state index contributed by atoms with van der Waals surface area (Å²) in [6.45, 7) is 4.42. The van der Waals surface area contributed by atoms with Crippen LogP contribution in [0.4, 0.5) is 5.82 Å². The molecule has 1 aromatic heterocycles. The Morgan fingerprint density at radius 3 is 2.30 bits per heavy atom. The number of aromatic nitrogens is 1. The van der Waals surface area contributed by atoms with Crippen molar-refractivity contribution in [1.82, 2.24) is 15.2 Å². The summed E-state index contributed by atoms with van der Waals surface area (Å²) in [4.78, 5) is 32.8. The molecule has 1 N–H and O–H groups in total. The van der Waals surface area contributed by atoms with E-state index in [-0.39, 0.29) is 5.91 Å². The molecule has 7 nitrogen and oxygen atoms in total. The molecule has 0 radical (unpaired) electrons. The summed E-state index contributed by atoms with van der Waals surface area (Å²) in [6.07, 6.45) is 1.80. The topological polar surface area (TPSA) is 74.8 Å². The van der Waals surface area contributed by atoms with Gasteiger partial charge in [-0.05, 0) is 42.9 Å². The molecule has 3 rings (SSSR count). The smallest absolute Gasteiger partial charge is 0.337 e. The number of likely N-dealkylation sites (N-methyl/N-ethyl adjacent to an activating group) is 1. The number of hydrogen-bond acceptors (Lipinski definition) is 6. The lowest BCUT2D eigenvalue weighted by molar-refractivity contribution is 0.0600. The Hall–Kier alpha value is -2.93. The number of pyridine rings is 1. The van der Waals surface area contributed by atoms with E-state index in [9.17, 15) is 9.59 Å². The van der Waals surface area contributed by atoms with Gasteiger partial charge >= 0.3 is 5.97 Å². The third-order valence-electron chi connectivity index (χ3n) is 4.66. The van der Waals surface area contributed by atoms with Crippen molar-refractivity contribution < 1.29 is 14.3 Å². The van der Waals surface area contributed by atoms with Gasteiger partial charge in [-0.1, -0.05) is 6.07 Å². The van der Waals surface area contributed by atoms with Gasteiger partial charge in [0.05, 0.1) is 12.7 Å². The predicted molar refractivity (Wildman–Crippen MR) is 103 cm³/mol. The minimum atomic E-state index is -0.423. The second-order valence-corrected chi connectivity index (χ2v) is 6.57. The molecule has 0 atom stereocenters. The number of benzene rings is 1. The van der Waals surface area contributed by atoms with Crippen molar-refractivity contribution in [2.45, 2.75) is 6.54 Å². The number of nitrogens with one attached hydrogen (secondary N) is 1. The van der Waals surface area contributed by atoms with Crippen LogP contribution in [0, 0.1) is 0 Å². The van der Waals surface area contributed by atoms with Crippen molar-refractivity contribution in [2.24, 2.45) is 0 Å². The average molecular weight is 368 g/mol. The SMILES string of the molecule is COC(=O)c1ccc(C(=O)NCc2ccc(N3CCN(C)CC3)nc2)cc1. The van der Waals surface area contributed by atoms with E-state index in [4.69, 9.17) is 0 Å². The second kappa shape index (κ2) is 8.64. The molecule has 2 aromatic rings. The monoisotopic (exact) mass is 368 g/mol. The number of hydrogen-bond donors (Lipinski definition) is 1. The number of piperazine rings is 1. The Kier molecular flexibility index (Phi) is 6.03. The Bertz CT molecular complexity index is 782. The van der Waals surface area contributed by atoms with Gasteiger partial charge in [-0.25, -0.2) is 9.78 Å². The minimum Gasteiger partial charge on any atom is -0.465 e. The van der Waals surface area contributed by atoms with Crippen molar-refractivity contribution in [3.05, 3.63) is 59.3 Å². The maximum absolute atomic E-state index is 12.3. The van der Waals surface area contributed by atoms with Crippen LogP contribution in [0.3, 0.4) is 0 Å². The van der Waals surface area contributed by atoms with Gasteiger partial charge in [0.25, 0.3) is 5.91 Å². The van der Waals surface area contributed by atoms with Gasteiger partial charge in [0.2, 0.25) is 0 Å². The molecule has 142 valence electrons. The van der Waals surface area contributed by atoms with E-state index < -0.39 is 5.97 Å². The molecular weight excluding hydrogens is 344 g/mol. The standard InChI is InChI=1S/C20H24N4O3/c1-23-9-11-24(12-10-23)18-8-3-15(13-21-18)14-22-19(25)16-4-6-17(7-5-16)20(26)27-2/h3-8,13H,9-12,14H2,1-2H3,(H,22,25). The third kappa shape index (κ3) is 4.83. The van der Waals surface area contributed by atoms with Gasteiger partial charge in [-0.2, -0.15) is 0 Å². The lowest BCUT2D eigenvalue weighted by Gasteiger charge is -2.33. The van der Waals surface area contributed by atoms with E-state index >= 15 is 0 Å². The summed E-state index contributed by atoms with van der Waals surface area (Å²) in [6, 6.07) is 10.4. The number of methoxy groups -OCH3 is 1. The number of nitrogens with zero attached hydrogens (tertiary/aromatic N) is 3. The summed E-state index contributed by atoms with van der Waals surface area (Å²) in [7, 11) is 3.45. The van der Waals surface area contributed by atoms with Crippen LogP contribution in [-0.4, -0.2) is 62.1 Å². The fourth-order valence-corrected chi connectivity index (χ4v) is 2.90. The summed E-state index contributed by atoms with van der Waals surface area (Å²) < 4.78 is 4.65. The molecule has 2 heterocycles. The van der Waals surface area contributed by atoms with Crippen LogP contribution < -0.4 is 10.2 Å². The molecule has 1 aliphatic heterocycles. The van der Waals surface area contributed by atoms with Crippen molar-refractivity contribution >= 4 is 17.7 Å². The maximum Gasteiger partial charge on any atom is 0.337 e. The first-order chi connectivity index (χ1) is 13.1. The Labute approximate surface area is 158 Å². The first-order valence-electron chi connectivity index (χ1n) is 8.92. The van der Waals surface area contributed by atoms with Crippen molar-refractivity contribution in [1.29, 1.82) is 0 Å². The van der Waals surface area contributed by atoms with Gasteiger partial charge in [0, 0.05) is 44.5 Å². The number of anilines is 1. The molecule has 0 aliphatic carbocycles. The zero-order valence-corrected chi connectivity index (χ0v) is 15.6. The average Bonchev–Trinajstić information content (AvgIpc) is 2.72. The van der Waals surface area contributed by atoms with Crippen LogP contribution in [-0.2, 0) is 11.3 Å². The highest BCUT2D eigenvalue weighted by atomic mass is 16.5. The van der Waals surface area contributed by atoms with Crippen molar-refractivity contribution in [3.63, 3.8) is 0 Å². The van der Waals surface area contributed by atoms with Gasteiger partial charge in [0.15, 0.2) is 0 Å². The Balaban J connectivity index is 1.53. The summed E-state index contributed by atoms with van der Waals surface area (Å²) >= 11 is 0. The number of esters is 1. The zero-order chi connectivity index (χ0) is 19.2. The molecule has 1 saturated heterocycles. The molecule has 0 saturated carbocycles. The summed E-state index contributed by atoms with van der Waals surface area (Å²) in [5.41, 5.74) is 1.84. The van der Waals surface area contributed by atoms with Crippen LogP contribution in [0.5, 0.6) is 0 Å². The number of carbonyl (C=O) groups is 2. The summed E-state index contributed by atoms with van der Waals surface area (Å²) in [5, 5.41) is 2.87. The van der Waals surface area contributed by atoms with E-state index in [1.54, 1.807) is 30.5 Å². The van der Waals surface area contributed by atoms with Gasteiger partial charge < -0.3 is 19.9 Å². The molecule has 1 aromatic carbocycles. The van der Waals surface area contributed by atoms with Crippen LogP contribution in [0.15, 0.2) is 42.6 Å². The van der Waals surface area contributed by atoms with Crippen molar-refractivity contribution in [2.75, 3.05) is 45.2 Å². The fraction of sp³-hybridized carbons (Fsp3) is 0.350. The van der Waals surface area contributed by atoms with Crippen molar-refractivity contribution in [3.8, 4) is 0 Å². The number of amides is 1. The number of rotatable bonds is 5. The van der Waals surface area contributed by atoms with Gasteiger partial charge in [0.1, 0.15) is 5.82 Å². The molecule has 1 amide bonds. The van der Waals surface area contributed by atoms with E-state index in [2.05, 4.69) is 31.9 Å². The summed E-state index contributed by atoms with van der Waals surface area (Å²) in [5.74, 6) is 0.347. The third-order valence-corrected chi connectivity index (χ3v) is 4.66. The quantitative estimate of drug-likeness (QED) is 0.807. The first-order valence-corrected chi connectivity index (χ1v) is 8.92. The number of ether oxygens (including phenoxy) is 1. The lowest BCUT2D eigenvalue weighted by atomic mass is 10.1. The molecule has 7 heteroatoms. The fourth-order valence-electron chi connectivity index (χ4n) is 2.90. The van der Waals surface area contributed by atoms with Crippen LogP contribution in [0.25, 0.3) is 0 Å². The predicted octanol–water partition coefficient (Wildman–Crippen LogP) is 1.55. The minimum absolute atomic E-state index is 0.199. The van der Waals surface area contributed by atoms with E-state index in [0.29, 0.717) is 17.7 Å². The Morgan fingerprint density at radius 1 is 1.04 bits per heavy atom. The highest BCUT2D eigenvalue weighted by molar-refractivity contribution is 5.96. The lowest BCUT2D eigenvalue weighted by Crippen LogP contribution is -2.44. The molecule has 27 heavy (non-hydrogen) atoms. The Morgan fingerprint density at radius 2 is 1.70 bits per heavy atom. The zero-order valence-electron chi connectivity index (χ0n) is 15.6. The van der Waals surface area contributed by atoms with E-state index in [1.165, 1.54) is 7.11 Å². The van der Waals surface area contributed by atoms with Gasteiger partial charge in [-0.3, -0.25) is 4.79 Å². The molecule has 0 spiro atoms. The molecule has 0 bridgehead atoms. The largest absolute Gasteiger partial charge is 0.465 e. The normalized spacial score (nSPS) is 14.7. The molecule has 1 aliphatic rings. The molecule has 0 unspecified atom stereocenters.